The molecule has 0 atom stereocenters. The van der Waals surface area contributed by atoms with E-state index in [0.29, 0.717) is 0 Å². The summed E-state index contributed by atoms with van der Waals surface area (Å²) < 4.78 is 143. The van der Waals surface area contributed by atoms with Gasteiger partial charge in [0.2, 0.25) is 5.82 Å². The lowest BCUT2D eigenvalue weighted by molar-refractivity contribution is -0.129. The molecule has 0 bridgehead atoms. The van der Waals surface area contributed by atoms with E-state index in [1.807, 2.05) is 0 Å². The maximum Gasteiger partial charge on any atom is 0.420 e. The van der Waals surface area contributed by atoms with E-state index in [1.54, 1.807) is 0 Å². The Morgan fingerprint density at radius 3 is 1.25 bits per heavy atom. The van der Waals surface area contributed by atoms with Crippen molar-refractivity contribution < 1.29 is 53.1 Å². The molecule has 1 aromatic rings. The molecule has 0 fully saturated rings. The number of alkyl halides is 6. The van der Waals surface area contributed by atoms with E-state index in [4.69, 9.17) is 0 Å². The van der Waals surface area contributed by atoms with Crippen LogP contribution in [0.15, 0.2) is 5.57 Å². The first-order valence-electron chi connectivity index (χ1n) is 5.53. The Balaban J connectivity index is 4.18. The minimum Gasteiger partial charge on any atom is -0.294 e. The van der Waals surface area contributed by atoms with Gasteiger partial charge in [-0.1, -0.05) is 0 Å². The molecule has 1 rings (SSSR count). The van der Waals surface area contributed by atoms with E-state index >= 15 is 0 Å². The Morgan fingerprint density at radius 2 is 1.00 bits per heavy atom. The average molecular weight is 372 g/mol. The number of Topliss-reactive ketones (excluding diaryl/α,β-unsaturated/α-hetero) is 1. The Bertz CT molecular complexity index is 695. The number of benzene rings is 1. The van der Waals surface area contributed by atoms with Gasteiger partial charge in [-0.25, -0.2) is 22.0 Å². The molecule has 0 saturated carbocycles. The zero-order chi connectivity index (χ0) is 19.2. The largest absolute Gasteiger partial charge is 0.420 e. The third-order valence-corrected chi connectivity index (χ3v) is 2.63. The van der Waals surface area contributed by atoms with Crippen LogP contribution in [0.4, 0.5) is 48.3 Å². The van der Waals surface area contributed by atoms with Crippen LogP contribution < -0.4 is 0 Å². The highest BCUT2D eigenvalue weighted by molar-refractivity contribution is 6.03. The second-order valence-electron chi connectivity index (χ2n) is 4.25. The molecule has 0 heterocycles. The summed E-state index contributed by atoms with van der Waals surface area (Å²) in [6.45, 7) is -0.0133. The second kappa shape index (κ2) is 6.06. The summed E-state index contributed by atoms with van der Waals surface area (Å²) in [6, 6.07) is 0. The van der Waals surface area contributed by atoms with Crippen LogP contribution in [-0.2, 0) is 4.79 Å². The van der Waals surface area contributed by atoms with Crippen molar-refractivity contribution in [3.63, 3.8) is 0 Å². The standard InChI is InChI=1S/C12H3F11O/c1-2(24)4(11(18,19)20)5(12(21,22)23)3-6(13)8(15)10(17)9(16)7(3)14/h1H3/b5-4+. The van der Waals surface area contributed by atoms with Gasteiger partial charge in [-0.3, -0.25) is 4.79 Å². The maximum absolute atomic E-state index is 13.5. The normalized spacial score (nSPS) is 13.8. The Hall–Kier alpha value is -2.14. The number of hydrogen-bond acceptors (Lipinski definition) is 1. The van der Waals surface area contributed by atoms with Gasteiger partial charge < -0.3 is 0 Å². The van der Waals surface area contributed by atoms with Crippen LogP contribution in [0.25, 0.3) is 5.57 Å². The fraction of sp³-hybridized carbons (Fsp3) is 0.250. The summed E-state index contributed by atoms with van der Waals surface area (Å²) in [7, 11) is 0. The van der Waals surface area contributed by atoms with Gasteiger partial charge in [0.25, 0.3) is 0 Å². The van der Waals surface area contributed by atoms with E-state index in [9.17, 15) is 53.1 Å². The van der Waals surface area contributed by atoms with Crippen molar-refractivity contribution in [1.29, 1.82) is 0 Å². The first-order chi connectivity index (χ1) is 10.6. The molecule has 0 aromatic heterocycles. The summed E-state index contributed by atoms with van der Waals surface area (Å²) in [4.78, 5) is 10.9. The van der Waals surface area contributed by atoms with Crippen molar-refractivity contribution in [3.05, 3.63) is 40.2 Å². The molecule has 0 aliphatic rings. The summed E-state index contributed by atoms with van der Waals surface area (Å²) in [5, 5.41) is 0. The summed E-state index contributed by atoms with van der Waals surface area (Å²) in [6.07, 6.45) is -12.3. The van der Waals surface area contributed by atoms with E-state index in [1.165, 1.54) is 0 Å². The highest BCUT2D eigenvalue weighted by Crippen LogP contribution is 2.44. The van der Waals surface area contributed by atoms with Gasteiger partial charge in [-0.2, -0.15) is 26.3 Å². The average Bonchev–Trinajstić information content (AvgIpc) is 2.39. The Morgan fingerprint density at radius 1 is 0.667 bits per heavy atom. The molecule has 12 heteroatoms. The predicted octanol–water partition coefficient (Wildman–Crippen LogP) is 4.85. The number of carbonyl (C=O) groups is 1. The van der Waals surface area contributed by atoms with Gasteiger partial charge in [0.1, 0.15) is 5.57 Å². The minimum atomic E-state index is -6.26. The SMILES string of the molecule is CC(=O)/C(=C(/c1c(F)c(F)c(F)c(F)c1F)C(F)(F)F)C(F)(F)F. The highest BCUT2D eigenvalue weighted by atomic mass is 19.4. The maximum atomic E-state index is 13.5. The fourth-order valence-corrected chi connectivity index (χ4v) is 1.75. The van der Waals surface area contributed by atoms with E-state index in [2.05, 4.69) is 0 Å². The molecule has 0 spiro atoms. The van der Waals surface area contributed by atoms with Crippen molar-refractivity contribution in [1.82, 2.24) is 0 Å². The smallest absolute Gasteiger partial charge is 0.294 e. The van der Waals surface area contributed by atoms with Crippen LogP contribution in [0.2, 0.25) is 0 Å². The molecule has 0 aliphatic carbocycles. The molecule has 0 N–H and O–H groups in total. The van der Waals surface area contributed by atoms with Crippen LogP contribution in [0.5, 0.6) is 0 Å². The van der Waals surface area contributed by atoms with Crippen molar-refractivity contribution in [2.24, 2.45) is 0 Å². The van der Waals surface area contributed by atoms with Gasteiger partial charge in [-0.05, 0) is 6.92 Å². The van der Waals surface area contributed by atoms with Crippen molar-refractivity contribution in [2.45, 2.75) is 19.3 Å². The van der Waals surface area contributed by atoms with E-state index in [0.717, 1.165) is 0 Å². The number of allylic oxidation sites excluding steroid dienone is 2. The Kier molecular flexibility index (Phi) is 5.02. The van der Waals surface area contributed by atoms with Gasteiger partial charge in [0, 0.05) is 0 Å². The van der Waals surface area contributed by atoms with E-state index in [-0.39, 0.29) is 6.92 Å². The molecule has 0 saturated heterocycles. The molecule has 134 valence electrons. The van der Waals surface area contributed by atoms with Crippen LogP contribution >= 0.6 is 0 Å². The summed E-state index contributed by atoms with van der Waals surface area (Å²) in [5.41, 5.74) is -9.30. The first-order valence-corrected chi connectivity index (χ1v) is 5.53. The molecular formula is C12H3F11O. The van der Waals surface area contributed by atoms with E-state index < -0.39 is 63.9 Å². The van der Waals surface area contributed by atoms with Gasteiger partial charge in [-0.15, -0.1) is 0 Å². The first kappa shape index (κ1) is 19.9. The predicted molar refractivity (Wildman–Crippen MR) is 55.9 cm³/mol. The number of halogens is 11. The fourth-order valence-electron chi connectivity index (χ4n) is 1.75. The van der Waals surface area contributed by atoms with Crippen LogP contribution in [0, 0.1) is 29.1 Å². The molecule has 1 aromatic carbocycles. The molecule has 0 radical (unpaired) electrons. The lowest BCUT2D eigenvalue weighted by Crippen LogP contribution is -2.27. The van der Waals surface area contributed by atoms with Crippen LogP contribution in [0.3, 0.4) is 0 Å². The number of rotatable bonds is 2. The molecular weight excluding hydrogens is 369 g/mol. The number of ketones is 1. The molecule has 0 amide bonds. The highest BCUT2D eigenvalue weighted by Gasteiger charge is 2.50. The lowest BCUT2D eigenvalue weighted by Gasteiger charge is -2.20. The molecule has 0 unspecified atom stereocenters. The van der Waals surface area contributed by atoms with Gasteiger partial charge in [0.05, 0.1) is 11.1 Å². The third kappa shape index (κ3) is 3.36. The zero-order valence-corrected chi connectivity index (χ0v) is 11.1. The van der Waals surface area contributed by atoms with Gasteiger partial charge >= 0.3 is 12.4 Å². The summed E-state index contributed by atoms with van der Waals surface area (Å²) >= 11 is 0. The number of carbonyl (C=O) groups excluding carboxylic acids is 1. The zero-order valence-electron chi connectivity index (χ0n) is 11.1. The van der Waals surface area contributed by atoms with Crippen molar-refractivity contribution in [3.8, 4) is 0 Å². The number of hydrogen-bond donors (Lipinski definition) is 0. The second-order valence-corrected chi connectivity index (χ2v) is 4.25. The minimum absolute atomic E-state index is 0.0133. The summed E-state index contributed by atoms with van der Waals surface area (Å²) in [5.74, 6) is -17.3. The molecule has 24 heavy (non-hydrogen) atoms. The van der Waals surface area contributed by atoms with Crippen molar-refractivity contribution in [2.75, 3.05) is 0 Å². The molecule has 0 aliphatic heterocycles. The van der Waals surface area contributed by atoms with Crippen LogP contribution in [0.1, 0.15) is 12.5 Å². The van der Waals surface area contributed by atoms with Crippen molar-refractivity contribution >= 4 is 11.4 Å². The van der Waals surface area contributed by atoms with Gasteiger partial charge in [0.15, 0.2) is 29.1 Å². The monoisotopic (exact) mass is 372 g/mol. The third-order valence-electron chi connectivity index (χ3n) is 2.63. The lowest BCUT2D eigenvalue weighted by atomic mass is 9.95. The molecule has 1 nitrogen and oxygen atoms in total. The van der Waals surface area contributed by atoms with Crippen LogP contribution in [-0.4, -0.2) is 18.1 Å². The Labute approximate surface area is 125 Å². The topological polar surface area (TPSA) is 17.1 Å². The quantitative estimate of drug-likeness (QED) is 0.314.